The number of nitrogens with one attached hydrogen (secondary N) is 2. The van der Waals surface area contributed by atoms with E-state index >= 15 is 0 Å². The molecule has 2 atom stereocenters. The number of aliphatic hydroxyl groups is 1. The summed E-state index contributed by atoms with van der Waals surface area (Å²) in [6.45, 7) is 0.523. The van der Waals surface area contributed by atoms with E-state index in [-0.39, 0.29) is 12.4 Å². The van der Waals surface area contributed by atoms with Crippen molar-refractivity contribution in [3.8, 4) is 10.4 Å². The number of thiophene rings is 1. The Bertz CT molecular complexity index is 1110. The van der Waals surface area contributed by atoms with Gasteiger partial charge in [-0.3, -0.25) is 15.0 Å². The van der Waals surface area contributed by atoms with Gasteiger partial charge in [-0.15, -0.1) is 11.3 Å². The van der Waals surface area contributed by atoms with Crippen molar-refractivity contribution in [2.75, 3.05) is 23.4 Å². The Hall–Kier alpha value is -3.53. The molecule has 3 aromatic rings. The summed E-state index contributed by atoms with van der Waals surface area (Å²) in [5.74, 6) is -1.32. The highest BCUT2D eigenvalue weighted by atomic mass is 32.1. The van der Waals surface area contributed by atoms with Crippen LogP contribution in [0.15, 0.2) is 66.0 Å². The average molecular weight is 451 g/mol. The number of hydrogen-bond donors (Lipinski definition) is 4. The van der Waals surface area contributed by atoms with Gasteiger partial charge in [0.2, 0.25) is 0 Å². The van der Waals surface area contributed by atoms with Crippen molar-refractivity contribution in [2.45, 2.75) is 12.2 Å². The molecule has 8 nitrogen and oxygen atoms in total. The maximum absolute atomic E-state index is 13.0. The quantitative estimate of drug-likeness (QED) is 0.339. The molecule has 32 heavy (non-hydrogen) atoms. The van der Waals surface area contributed by atoms with Crippen LogP contribution in [0, 0.1) is 5.41 Å². The lowest BCUT2D eigenvalue weighted by Gasteiger charge is -2.34. The summed E-state index contributed by atoms with van der Waals surface area (Å²) in [6, 6.07) is 17.9. The molecular weight excluding hydrogens is 428 g/mol. The molecule has 0 saturated carbocycles. The van der Waals surface area contributed by atoms with Gasteiger partial charge in [0.05, 0.1) is 6.61 Å². The molecule has 4 rings (SSSR count). The predicted molar refractivity (Wildman–Crippen MR) is 124 cm³/mol. The number of aliphatic hydroxyl groups excluding tert-OH is 1. The summed E-state index contributed by atoms with van der Waals surface area (Å²) in [7, 11) is 0. The normalized spacial score (nSPS) is 17.1. The first-order valence-electron chi connectivity index (χ1n) is 9.94. The number of rotatable bonds is 6. The van der Waals surface area contributed by atoms with Gasteiger partial charge >= 0.3 is 0 Å². The van der Waals surface area contributed by atoms with Gasteiger partial charge < -0.3 is 25.8 Å². The van der Waals surface area contributed by atoms with E-state index in [2.05, 4.69) is 5.32 Å². The molecule has 2 heterocycles. The van der Waals surface area contributed by atoms with E-state index in [1.165, 1.54) is 4.90 Å². The van der Waals surface area contributed by atoms with Crippen LogP contribution in [0.2, 0.25) is 0 Å². The lowest BCUT2D eigenvalue weighted by atomic mass is 10.1. The van der Waals surface area contributed by atoms with Crippen LogP contribution in [-0.4, -0.2) is 48.1 Å². The number of morpholine rings is 1. The highest BCUT2D eigenvalue weighted by Gasteiger charge is 2.39. The Morgan fingerprint density at radius 1 is 1.19 bits per heavy atom. The first-order valence-corrected chi connectivity index (χ1v) is 10.8. The van der Waals surface area contributed by atoms with Gasteiger partial charge in [0, 0.05) is 28.4 Å². The third-order valence-electron chi connectivity index (χ3n) is 5.13. The van der Waals surface area contributed by atoms with Crippen LogP contribution >= 0.6 is 11.3 Å². The zero-order valence-corrected chi connectivity index (χ0v) is 17.8. The molecule has 9 heteroatoms. The summed E-state index contributed by atoms with van der Waals surface area (Å²) in [5.41, 5.74) is 8.06. The molecule has 1 unspecified atom stereocenters. The Morgan fingerprint density at radius 3 is 2.53 bits per heavy atom. The molecule has 1 aliphatic heterocycles. The summed E-state index contributed by atoms with van der Waals surface area (Å²) < 4.78 is 5.45. The van der Waals surface area contributed by atoms with Crippen molar-refractivity contribution < 1.29 is 19.4 Å². The van der Waals surface area contributed by atoms with E-state index in [0.717, 1.165) is 10.4 Å². The number of ether oxygens (including phenoxy) is 1. The number of amides is 2. The fourth-order valence-corrected chi connectivity index (χ4v) is 4.16. The predicted octanol–water partition coefficient (Wildman–Crippen LogP) is 2.43. The van der Waals surface area contributed by atoms with Crippen molar-refractivity contribution in [1.82, 2.24) is 0 Å². The third kappa shape index (κ3) is 4.54. The van der Waals surface area contributed by atoms with Crippen molar-refractivity contribution in [1.29, 1.82) is 5.41 Å². The topological polar surface area (TPSA) is 129 Å². The first-order chi connectivity index (χ1) is 15.4. The number of carbonyl (C=O) groups is 2. The Morgan fingerprint density at radius 2 is 1.91 bits per heavy atom. The van der Waals surface area contributed by atoms with Gasteiger partial charge in [0.15, 0.2) is 12.2 Å². The maximum Gasteiger partial charge on any atom is 0.259 e. The molecule has 0 radical (unpaired) electrons. The summed E-state index contributed by atoms with van der Waals surface area (Å²) in [5, 5.41) is 22.5. The van der Waals surface area contributed by atoms with Crippen LogP contribution in [0.25, 0.3) is 10.4 Å². The van der Waals surface area contributed by atoms with E-state index in [1.807, 2.05) is 41.8 Å². The number of anilines is 2. The number of nitrogens with two attached hydrogens (primary N) is 1. The molecule has 2 aromatic carbocycles. The van der Waals surface area contributed by atoms with Crippen molar-refractivity contribution in [3.63, 3.8) is 0 Å². The second-order valence-electron chi connectivity index (χ2n) is 7.23. The zero-order chi connectivity index (χ0) is 22.7. The lowest BCUT2D eigenvalue weighted by Crippen LogP contribution is -2.55. The van der Waals surface area contributed by atoms with Crippen LogP contribution < -0.4 is 16.0 Å². The Labute approximate surface area is 188 Å². The Kier molecular flexibility index (Phi) is 6.31. The molecule has 0 bridgehead atoms. The van der Waals surface area contributed by atoms with E-state index in [4.69, 9.17) is 15.9 Å². The smallest absolute Gasteiger partial charge is 0.259 e. The van der Waals surface area contributed by atoms with Gasteiger partial charge in [-0.25, -0.2) is 0 Å². The van der Waals surface area contributed by atoms with Crippen LogP contribution in [-0.2, 0) is 14.3 Å². The average Bonchev–Trinajstić information content (AvgIpc) is 3.34. The van der Waals surface area contributed by atoms with Crippen molar-refractivity contribution >= 4 is 40.4 Å². The van der Waals surface area contributed by atoms with Crippen LogP contribution in [0.4, 0.5) is 11.4 Å². The molecular formula is C23H22N4O4S. The highest BCUT2D eigenvalue weighted by molar-refractivity contribution is 7.13. The van der Waals surface area contributed by atoms with E-state index in [0.29, 0.717) is 23.5 Å². The molecule has 1 aromatic heterocycles. The summed E-state index contributed by atoms with van der Waals surface area (Å²) >= 11 is 1.63. The molecule has 164 valence electrons. The van der Waals surface area contributed by atoms with Crippen molar-refractivity contribution in [3.05, 3.63) is 71.6 Å². The van der Waals surface area contributed by atoms with E-state index in [1.54, 1.807) is 35.6 Å². The van der Waals surface area contributed by atoms with E-state index < -0.39 is 24.0 Å². The minimum absolute atomic E-state index is 0.0902. The second-order valence-corrected chi connectivity index (χ2v) is 8.18. The number of amidine groups is 1. The molecule has 1 fully saturated rings. The highest BCUT2D eigenvalue weighted by Crippen LogP contribution is 2.28. The standard InChI is InChI=1S/C23H22N4O4S/c24-21(25)15-3-7-16(8-4-15)26-22(29)19(28)20-23(30)27(11-12-31-20)17-9-5-14(6-10-17)18-2-1-13-32-18/h1-10,13,19-20,28H,11-12H2,(H3,24,25)(H,26,29)/t19-,20?/m1/s1. The van der Waals surface area contributed by atoms with Crippen LogP contribution in [0.5, 0.6) is 0 Å². The van der Waals surface area contributed by atoms with Gasteiger partial charge in [0.25, 0.3) is 11.8 Å². The van der Waals surface area contributed by atoms with Gasteiger partial charge in [-0.1, -0.05) is 18.2 Å². The molecule has 0 spiro atoms. The minimum Gasteiger partial charge on any atom is -0.384 e. The number of nitrogens with zero attached hydrogens (tertiary/aromatic N) is 1. The van der Waals surface area contributed by atoms with Gasteiger partial charge in [0.1, 0.15) is 5.84 Å². The van der Waals surface area contributed by atoms with Crippen LogP contribution in [0.1, 0.15) is 5.56 Å². The molecule has 1 aliphatic rings. The molecule has 0 aliphatic carbocycles. The lowest BCUT2D eigenvalue weighted by molar-refractivity contribution is -0.150. The SMILES string of the molecule is N=C(N)c1ccc(NC(=O)[C@H](O)C2OCCN(c3ccc(-c4cccs4)cc3)C2=O)cc1. The number of benzene rings is 2. The summed E-state index contributed by atoms with van der Waals surface area (Å²) in [6.07, 6.45) is -2.99. The largest absolute Gasteiger partial charge is 0.384 e. The number of carbonyl (C=O) groups excluding carboxylic acids is 2. The molecule has 2 amide bonds. The van der Waals surface area contributed by atoms with Crippen LogP contribution in [0.3, 0.4) is 0 Å². The zero-order valence-electron chi connectivity index (χ0n) is 17.0. The fraction of sp³-hybridized carbons (Fsp3) is 0.174. The van der Waals surface area contributed by atoms with Crippen molar-refractivity contribution in [2.24, 2.45) is 5.73 Å². The first kappa shape index (κ1) is 21.7. The second kappa shape index (κ2) is 9.31. The maximum atomic E-state index is 13.0. The molecule has 5 N–H and O–H groups in total. The van der Waals surface area contributed by atoms with Gasteiger partial charge in [-0.2, -0.15) is 0 Å². The summed E-state index contributed by atoms with van der Waals surface area (Å²) in [4.78, 5) is 28.1. The third-order valence-corrected chi connectivity index (χ3v) is 6.04. The minimum atomic E-state index is -1.68. The monoisotopic (exact) mass is 450 g/mol. The number of nitrogen functional groups attached to an aromatic ring is 1. The fourth-order valence-electron chi connectivity index (χ4n) is 3.42. The van der Waals surface area contributed by atoms with E-state index in [9.17, 15) is 14.7 Å². The number of hydrogen-bond acceptors (Lipinski definition) is 6. The Balaban J connectivity index is 1.43. The van der Waals surface area contributed by atoms with Gasteiger partial charge in [-0.05, 0) is 53.4 Å². The molecule has 1 saturated heterocycles.